The molecule has 0 spiro atoms. The maximum absolute atomic E-state index is 12.9. The molecule has 0 aliphatic carbocycles. The van der Waals surface area contributed by atoms with Gasteiger partial charge in [-0.3, -0.25) is 9.74 Å². The van der Waals surface area contributed by atoms with Crippen LogP contribution in [0.4, 0.5) is 10.5 Å². The third kappa shape index (κ3) is 3.86. The van der Waals surface area contributed by atoms with E-state index in [0.29, 0.717) is 4.65 Å². The first-order valence-corrected chi connectivity index (χ1v) is 9.15. The van der Waals surface area contributed by atoms with E-state index in [1.807, 2.05) is 35.2 Å². The summed E-state index contributed by atoms with van der Waals surface area (Å²) >= 11 is 0. The van der Waals surface area contributed by atoms with Gasteiger partial charge < -0.3 is 0 Å². The van der Waals surface area contributed by atoms with E-state index >= 15 is 0 Å². The van der Waals surface area contributed by atoms with Crippen LogP contribution in [0.1, 0.15) is 45.4 Å². The molecule has 0 unspecified atom stereocenters. The minimum Gasteiger partial charge on any atom is -0.273 e. The topological polar surface area (TPSA) is 29.5 Å². The van der Waals surface area contributed by atoms with Crippen LogP contribution in [0.3, 0.4) is 0 Å². The van der Waals surface area contributed by atoms with Crippen LogP contribution in [0.5, 0.6) is 0 Å². The molecule has 1 amide bonds. The fourth-order valence-electron chi connectivity index (χ4n) is 3.83. The lowest BCUT2D eigenvalue weighted by Gasteiger charge is -2.45. The predicted octanol–water partition coefficient (Wildman–Crippen LogP) is 4.37. The molecular formula is C19H29N2O2+. The molecule has 3 aliphatic rings. The second kappa shape index (κ2) is 7.35. The zero-order valence-electron chi connectivity index (χ0n) is 14.2. The van der Waals surface area contributed by atoms with Gasteiger partial charge in [0.15, 0.2) is 0 Å². The smallest absolute Gasteiger partial charge is 0.273 e. The van der Waals surface area contributed by atoms with Crippen molar-refractivity contribution in [2.45, 2.75) is 45.4 Å². The molecule has 0 atom stereocenters. The molecule has 3 aliphatic heterocycles. The van der Waals surface area contributed by atoms with Crippen molar-refractivity contribution in [2.24, 2.45) is 5.92 Å². The van der Waals surface area contributed by atoms with Crippen molar-refractivity contribution in [3.8, 4) is 0 Å². The Hall–Kier alpha value is -1.55. The minimum absolute atomic E-state index is 0.173. The van der Waals surface area contributed by atoms with Gasteiger partial charge in [0.1, 0.15) is 19.6 Å². The number of fused-ring (bicyclic) bond motifs is 3. The number of para-hydroxylation sites is 1. The van der Waals surface area contributed by atoms with Gasteiger partial charge in [0.05, 0.1) is 0 Å². The molecule has 23 heavy (non-hydrogen) atoms. The summed E-state index contributed by atoms with van der Waals surface area (Å²) in [5.41, 5.74) is 0.943. The molecule has 3 fully saturated rings. The van der Waals surface area contributed by atoms with Crippen molar-refractivity contribution < 1.29 is 14.3 Å². The fourth-order valence-corrected chi connectivity index (χ4v) is 3.83. The molecule has 126 valence electrons. The molecule has 1 aromatic rings. The Kier molecular flexibility index (Phi) is 5.21. The number of hydroxylamine groups is 3. The number of anilines is 1. The fraction of sp³-hybridized carbons (Fsp3) is 0.632. The van der Waals surface area contributed by atoms with Crippen molar-refractivity contribution in [1.82, 2.24) is 0 Å². The van der Waals surface area contributed by atoms with Crippen molar-refractivity contribution in [1.29, 1.82) is 0 Å². The molecule has 1 aromatic carbocycles. The number of carbonyl (C=O) groups excluding carboxylic acids is 1. The number of carbonyl (C=O) groups is 1. The standard InChI is InChI=1S/C19H29N2O2/c1-2-3-7-13-20(18-8-5-4-6-9-18)19(22)23-21-14-10-17(11-15-21)12-16-21/h4-6,8-9,17H,2-3,7,10-16H2,1H3/q+1. The highest BCUT2D eigenvalue weighted by molar-refractivity contribution is 5.87. The van der Waals surface area contributed by atoms with E-state index in [9.17, 15) is 4.79 Å². The Morgan fingerprint density at radius 2 is 1.78 bits per heavy atom. The van der Waals surface area contributed by atoms with E-state index in [0.717, 1.165) is 57.0 Å². The van der Waals surface area contributed by atoms with Crippen LogP contribution >= 0.6 is 0 Å². The second-order valence-electron chi connectivity index (χ2n) is 7.01. The van der Waals surface area contributed by atoms with Crippen LogP contribution in [-0.2, 0) is 4.84 Å². The number of hydrogen-bond donors (Lipinski definition) is 0. The molecule has 4 rings (SSSR count). The Morgan fingerprint density at radius 3 is 2.39 bits per heavy atom. The SMILES string of the molecule is CCCCCN(C(=O)O[N+]12CCC(CC1)CC2)c1ccccc1. The maximum atomic E-state index is 12.9. The lowest BCUT2D eigenvalue weighted by molar-refractivity contribution is -1.10. The van der Waals surface area contributed by atoms with Gasteiger partial charge in [-0.2, -0.15) is 0 Å². The highest BCUT2D eigenvalue weighted by Crippen LogP contribution is 2.34. The number of unbranched alkanes of at least 4 members (excludes halogenated alkanes) is 2. The molecule has 0 saturated carbocycles. The van der Waals surface area contributed by atoms with Gasteiger partial charge in [-0.25, -0.2) is 4.79 Å². The maximum Gasteiger partial charge on any atom is 0.468 e. The lowest BCUT2D eigenvalue weighted by atomic mass is 9.88. The first kappa shape index (κ1) is 16.3. The van der Waals surface area contributed by atoms with Crippen molar-refractivity contribution in [3.63, 3.8) is 0 Å². The molecule has 4 nitrogen and oxygen atoms in total. The second-order valence-corrected chi connectivity index (χ2v) is 7.01. The molecule has 3 heterocycles. The van der Waals surface area contributed by atoms with E-state index in [4.69, 9.17) is 4.84 Å². The molecule has 0 radical (unpaired) electrons. The number of benzene rings is 1. The Labute approximate surface area is 139 Å². The Bertz CT molecular complexity index is 496. The van der Waals surface area contributed by atoms with E-state index in [2.05, 4.69) is 6.92 Å². The average Bonchev–Trinajstić information content (AvgIpc) is 2.60. The van der Waals surface area contributed by atoms with Gasteiger partial charge in [-0.1, -0.05) is 38.0 Å². The zero-order valence-corrected chi connectivity index (χ0v) is 14.2. The largest absolute Gasteiger partial charge is 0.468 e. The molecule has 0 aromatic heterocycles. The van der Waals surface area contributed by atoms with Crippen LogP contribution in [0, 0.1) is 5.92 Å². The molecule has 3 saturated heterocycles. The number of rotatable bonds is 6. The number of amides is 1. The lowest BCUT2D eigenvalue weighted by Crippen LogP contribution is -2.60. The van der Waals surface area contributed by atoms with Gasteiger partial charge in [0, 0.05) is 31.5 Å². The number of quaternary nitrogens is 1. The van der Waals surface area contributed by atoms with Crippen molar-refractivity contribution >= 4 is 11.8 Å². The van der Waals surface area contributed by atoms with Crippen molar-refractivity contribution in [3.05, 3.63) is 30.3 Å². The molecule has 0 N–H and O–H groups in total. The van der Waals surface area contributed by atoms with Crippen LogP contribution in [0.2, 0.25) is 0 Å². The van der Waals surface area contributed by atoms with Crippen molar-refractivity contribution in [2.75, 3.05) is 31.1 Å². The average molecular weight is 317 g/mol. The third-order valence-electron chi connectivity index (χ3n) is 5.38. The predicted molar refractivity (Wildman–Crippen MR) is 92.0 cm³/mol. The van der Waals surface area contributed by atoms with Crippen LogP contribution in [-0.4, -0.2) is 36.9 Å². The monoisotopic (exact) mass is 317 g/mol. The Balaban J connectivity index is 1.69. The molecule has 2 bridgehead atoms. The number of hydrogen-bond acceptors (Lipinski definition) is 2. The van der Waals surface area contributed by atoms with Crippen LogP contribution in [0.25, 0.3) is 0 Å². The highest BCUT2D eigenvalue weighted by Gasteiger charge is 2.44. The van der Waals surface area contributed by atoms with Gasteiger partial charge in [0.25, 0.3) is 0 Å². The summed E-state index contributed by atoms with van der Waals surface area (Å²) in [6, 6.07) is 9.93. The summed E-state index contributed by atoms with van der Waals surface area (Å²) in [6.45, 7) is 5.90. The van der Waals surface area contributed by atoms with Gasteiger partial charge >= 0.3 is 6.09 Å². The van der Waals surface area contributed by atoms with Gasteiger partial charge in [-0.05, 0) is 24.5 Å². The molecular weight excluding hydrogens is 288 g/mol. The Morgan fingerprint density at radius 1 is 1.13 bits per heavy atom. The number of piperidine rings is 3. The van der Waals surface area contributed by atoms with E-state index in [1.54, 1.807) is 0 Å². The van der Waals surface area contributed by atoms with E-state index in [-0.39, 0.29) is 6.09 Å². The summed E-state index contributed by atoms with van der Waals surface area (Å²) < 4.78 is 0.548. The van der Waals surface area contributed by atoms with Crippen LogP contribution in [0.15, 0.2) is 30.3 Å². The quantitative estimate of drug-likeness (QED) is 0.576. The van der Waals surface area contributed by atoms with E-state index in [1.165, 1.54) is 19.3 Å². The highest BCUT2D eigenvalue weighted by atomic mass is 16.8. The first-order chi connectivity index (χ1) is 11.2. The zero-order chi connectivity index (χ0) is 16.1. The van der Waals surface area contributed by atoms with E-state index < -0.39 is 0 Å². The molecule has 4 heteroatoms. The van der Waals surface area contributed by atoms with Gasteiger partial charge in [0.2, 0.25) is 0 Å². The number of nitrogens with zero attached hydrogens (tertiary/aromatic N) is 2. The summed E-state index contributed by atoms with van der Waals surface area (Å²) in [4.78, 5) is 20.7. The third-order valence-corrected chi connectivity index (χ3v) is 5.38. The normalized spacial score (nSPS) is 26.0. The van der Waals surface area contributed by atoms with Crippen LogP contribution < -0.4 is 4.90 Å². The summed E-state index contributed by atoms with van der Waals surface area (Å²) in [5, 5.41) is 0. The summed E-state index contributed by atoms with van der Waals surface area (Å²) in [7, 11) is 0. The minimum atomic E-state index is -0.173. The summed E-state index contributed by atoms with van der Waals surface area (Å²) in [6.07, 6.45) is 6.74. The van der Waals surface area contributed by atoms with Gasteiger partial charge in [-0.15, -0.1) is 4.65 Å². The first-order valence-electron chi connectivity index (χ1n) is 9.15. The summed E-state index contributed by atoms with van der Waals surface area (Å²) in [5.74, 6) is 0.864.